The van der Waals surface area contributed by atoms with Crippen molar-refractivity contribution in [3.63, 3.8) is 0 Å². The predicted molar refractivity (Wildman–Crippen MR) is 81.1 cm³/mol. The number of nitrogens with one attached hydrogen (secondary N) is 3. The van der Waals surface area contributed by atoms with E-state index in [0.717, 1.165) is 0 Å². The molecule has 110 valence electrons. The molecule has 2 aromatic rings. The van der Waals surface area contributed by atoms with Crippen molar-refractivity contribution in [2.24, 2.45) is 5.92 Å². The van der Waals surface area contributed by atoms with E-state index in [1.807, 2.05) is 13.8 Å². The van der Waals surface area contributed by atoms with Gasteiger partial charge in [0.2, 0.25) is 5.91 Å². The van der Waals surface area contributed by atoms with E-state index < -0.39 is 0 Å². The van der Waals surface area contributed by atoms with Gasteiger partial charge in [-0.3, -0.25) is 14.7 Å². The first kappa shape index (κ1) is 14.8. The minimum atomic E-state index is -0.283. The molecule has 6 heteroatoms. The Labute approximate surface area is 122 Å². The first-order valence-electron chi connectivity index (χ1n) is 6.75. The van der Waals surface area contributed by atoms with Gasteiger partial charge in [-0.1, -0.05) is 26.0 Å². The van der Waals surface area contributed by atoms with Crippen molar-refractivity contribution in [2.75, 3.05) is 10.6 Å². The van der Waals surface area contributed by atoms with E-state index in [9.17, 15) is 9.59 Å². The molecule has 6 nitrogen and oxygen atoms in total. The Kier molecular flexibility index (Phi) is 4.71. The second-order valence-corrected chi connectivity index (χ2v) is 5.13. The maximum absolute atomic E-state index is 12.0. The summed E-state index contributed by atoms with van der Waals surface area (Å²) in [6, 6.07) is 7.09. The largest absolute Gasteiger partial charge is 0.324 e. The first-order chi connectivity index (χ1) is 10.1. The number of benzene rings is 1. The van der Waals surface area contributed by atoms with E-state index in [0.29, 0.717) is 23.4 Å². The lowest BCUT2D eigenvalue weighted by atomic mass is 10.1. The summed E-state index contributed by atoms with van der Waals surface area (Å²) in [5.41, 5.74) is 1.57. The molecule has 1 aromatic heterocycles. The van der Waals surface area contributed by atoms with Crippen molar-refractivity contribution < 1.29 is 9.59 Å². The molecule has 0 radical (unpaired) electrons. The summed E-state index contributed by atoms with van der Waals surface area (Å²) in [4.78, 5) is 23.9. The summed E-state index contributed by atoms with van der Waals surface area (Å²) < 4.78 is 0. The Morgan fingerprint density at radius 3 is 2.43 bits per heavy atom. The second-order valence-electron chi connectivity index (χ2n) is 5.13. The molecule has 0 saturated heterocycles. The van der Waals surface area contributed by atoms with Crippen molar-refractivity contribution in [3.8, 4) is 0 Å². The van der Waals surface area contributed by atoms with Crippen LogP contribution in [0.25, 0.3) is 0 Å². The third-order valence-corrected chi connectivity index (χ3v) is 2.80. The van der Waals surface area contributed by atoms with Crippen molar-refractivity contribution in [2.45, 2.75) is 20.3 Å². The number of hydrogen-bond acceptors (Lipinski definition) is 3. The number of aromatic nitrogens is 2. The molecule has 2 amide bonds. The van der Waals surface area contributed by atoms with Crippen LogP contribution < -0.4 is 10.6 Å². The zero-order valence-electron chi connectivity index (χ0n) is 12.0. The Morgan fingerprint density at radius 2 is 1.86 bits per heavy atom. The van der Waals surface area contributed by atoms with Crippen LogP contribution in [0.5, 0.6) is 0 Å². The van der Waals surface area contributed by atoms with Gasteiger partial charge in [-0.05, 0) is 18.1 Å². The van der Waals surface area contributed by atoms with E-state index in [1.165, 1.54) is 12.4 Å². The summed E-state index contributed by atoms with van der Waals surface area (Å²) in [7, 11) is 0. The number of rotatable bonds is 5. The van der Waals surface area contributed by atoms with Gasteiger partial charge in [-0.15, -0.1) is 0 Å². The van der Waals surface area contributed by atoms with Crippen molar-refractivity contribution >= 4 is 23.2 Å². The average Bonchev–Trinajstić information content (AvgIpc) is 2.94. The molecule has 0 saturated carbocycles. The zero-order valence-corrected chi connectivity index (χ0v) is 12.0. The van der Waals surface area contributed by atoms with Crippen LogP contribution in [0.1, 0.15) is 30.6 Å². The fourth-order valence-corrected chi connectivity index (χ4v) is 1.84. The third-order valence-electron chi connectivity index (χ3n) is 2.80. The normalized spacial score (nSPS) is 10.4. The van der Waals surface area contributed by atoms with Gasteiger partial charge in [0.25, 0.3) is 5.91 Å². The van der Waals surface area contributed by atoms with Gasteiger partial charge in [0.1, 0.15) is 0 Å². The highest BCUT2D eigenvalue weighted by atomic mass is 16.2. The summed E-state index contributed by atoms with van der Waals surface area (Å²) in [6.07, 6.45) is 3.38. The summed E-state index contributed by atoms with van der Waals surface area (Å²) in [5, 5.41) is 11.9. The molecule has 0 atom stereocenters. The first-order valence-corrected chi connectivity index (χ1v) is 6.75. The minimum absolute atomic E-state index is 0.0741. The molecule has 0 bridgehead atoms. The maximum Gasteiger partial charge on any atom is 0.258 e. The van der Waals surface area contributed by atoms with Gasteiger partial charge in [-0.2, -0.15) is 5.10 Å². The molecule has 0 aliphatic carbocycles. The molecular formula is C15H18N4O2. The molecule has 21 heavy (non-hydrogen) atoms. The number of H-pyrrole nitrogens is 1. The zero-order chi connectivity index (χ0) is 15.2. The van der Waals surface area contributed by atoms with E-state index in [1.54, 1.807) is 24.3 Å². The van der Waals surface area contributed by atoms with Crippen LogP contribution in [0.2, 0.25) is 0 Å². The van der Waals surface area contributed by atoms with Gasteiger partial charge < -0.3 is 10.6 Å². The molecule has 1 heterocycles. The lowest BCUT2D eigenvalue weighted by Crippen LogP contribution is -2.17. The highest BCUT2D eigenvalue weighted by molar-refractivity contribution is 6.06. The van der Waals surface area contributed by atoms with Crippen LogP contribution >= 0.6 is 0 Å². The number of para-hydroxylation sites is 2. The van der Waals surface area contributed by atoms with E-state index >= 15 is 0 Å². The van der Waals surface area contributed by atoms with Crippen molar-refractivity contribution in [1.82, 2.24) is 10.2 Å². The van der Waals surface area contributed by atoms with Crippen LogP contribution in [-0.2, 0) is 4.79 Å². The number of hydrogen-bond donors (Lipinski definition) is 3. The smallest absolute Gasteiger partial charge is 0.258 e. The van der Waals surface area contributed by atoms with Gasteiger partial charge in [0.05, 0.1) is 23.1 Å². The third kappa shape index (κ3) is 4.17. The van der Waals surface area contributed by atoms with Crippen LogP contribution in [0, 0.1) is 5.92 Å². The monoisotopic (exact) mass is 286 g/mol. The van der Waals surface area contributed by atoms with E-state index in [-0.39, 0.29) is 17.7 Å². The van der Waals surface area contributed by atoms with Gasteiger partial charge >= 0.3 is 0 Å². The predicted octanol–water partition coefficient (Wildman–Crippen LogP) is 2.65. The molecular weight excluding hydrogens is 268 g/mol. The van der Waals surface area contributed by atoms with E-state index in [2.05, 4.69) is 20.8 Å². The molecule has 0 aliphatic rings. The molecule has 0 aliphatic heterocycles. The minimum Gasteiger partial charge on any atom is -0.324 e. The highest BCUT2D eigenvalue weighted by Crippen LogP contribution is 2.22. The Hall–Kier alpha value is -2.63. The van der Waals surface area contributed by atoms with Crippen molar-refractivity contribution in [3.05, 3.63) is 42.2 Å². The Morgan fingerprint density at radius 1 is 1.19 bits per heavy atom. The number of nitrogens with zero attached hydrogens (tertiary/aromatic N) is 1. The SMILES string of the molecule is CC(C)CC(=O)Nc1ccccc1NC(=O)c1cn[nH]c1. The number of aromatic amines is 1. The quantitative estimate of drug-likeness (QED) is 0.789. The van der Waals surface area contributed by atoms with Crippen molar-refractivity contribution in [1.29, 1.82) is 0 Å². The fourth-order valence-electron chi connectivity index (χ4n) is 1.84. The maximum atomic E-state index is 12.0. The number of anilines is 2. The topological polar surface area (TPSA) is 86.9 Å². The van der Waals surface area contributed by atoms with Crippen LogP contribution in [-0.4, -0.2) is 22.0 Å². The van der Waals surface area contributed by atoms with Crippen LogP contribution in [0.4, 0.5) is 11.4 Å². The number of amides is 2. The molecule has 1 aromatic carbocycles. The van der Waals surface area contributed by atoms with Crippen LogP contribution in [0.3, 0.4) is 0 Å². The highest BCUT2D eigenvalue weighted by Gasteiger charge is 2.12. The summed E-state index contributed by atoms with van der Waals surface area (Å²) in [6.45, 7) is 3.96. The average molecular weight is 286 g/mol. The van der Waals surface area contributed by atoms with Gasteiger partial charge in [-0.25, -0.2) is 0 Å². The number of carbonyl (C=O) groups is 2. The number of carbonyl (C=O) groups excluding carboxylic acids is 2. The second kappa shape index (κ2) is 6.69. The molecule has 0 unspecified atom stereocenters. The summed E-state index contributed by atoms with van der Waals surface area (Å²) in [5.74, 6) is -0.0815. The fraction of sp³-hybridized carbons (Fsp3) is 0.267. The Bertz CT molecular complexity index is 620. The van der Waals surface area contributed by atoms with Crippen LogP contribution in [0.15, 0.2) is 36.7 Å². The van der Waals surface area contributed by atoms with Gasteiger partial charge in [0, 0.05) is 12.6 Å². The lowest BCUT2D eigenvalue weighted by molar-refractivity contribution is -0.116. The lowest BCUT2D eigenvalue weighted by Gasteiger charge is -2.12. The standard InChI is InChI=1S/C15H18N4O2/c1-10(2)7-14(20)18-12-5-3-4-6-13(12)19-15(21)11-8-16-17-9-11/h3-6,8-10H,7H2,1-2H3,(H,16,17)(H,18,20)(H,19,21). The molecule has 3 N–H and O–H groups in total. The Balaban J connectivity index is 2.10. The summed E-state index contributed by atoms with van der Waals surface area (Å²) >= 11 is 0. The molecule has 0 fully saturated rings. The molecule has 2 rings (SSSR count). The molecule has 0 spiro atoms. The van der Waals surface area contributed by atoms with E-state index in [4.69, 9.17) is 0 Å². The van der Waals surface area contributed by atoms with Gasteiger partial charge in [0.15, 0.2) is 0 Å².